The van der Waals surface area contributed by atoms with Gasteiger partial charge in [-0.05, 0) is 30.2 Å². The summed E-state index contributed by atoms with van der Waals surface area (Å²) in [5.74, 6) is 0.0408. The molecule has 0 unspecified atom stereocenters. The third kappa shape index (κ3) is 2.64. The van der Waals surface area contributed by atoms with Crippen LogP contribution in [0.2, 0.25) is 0 Å². The summed E-state index contributed by atoms with van der Waals surface area (Å²) >= 11 is 1.22. The SMILES string of the molecule is CN1C(=O)CCc2cc(S(=O)(=O)Nc3nccs3)ccc21. The number of hydrogen-bond acceptors (Lipinski definition) is 5. The van der Waals surface area contributed by atoms with Gasteiger partial charge < -0.3 is 4.90 Å². The van der Waals surface area contributed by atoms with E-state index in [1.165, 1.54) is 23.6 Å². The van der Waals surface area contributed by atoms with Gasteiger partial charge in [0, 0.05) is 30.7 Å². The number of rotatable bonds is 3. The van der Waals surface area contributed by atoms with Gasteiger partial charge in [-0.25, -0.2) is 13.4 Å². The van der Waals surface area contributed by atoms with Crippen LogP contribution in [0, 0.1) is 0 Å². The fraction of sp³-hybridized carbons (Fsp3) is 0.231. The van der Waals surface area contributed by atoms with Crippen molar-refractivity contribution in [1.82, 2.24) is 4.98 Å². The van der Waals surface area contributed by atoms with Crippen molar-refractivity contribution < 1.29 is 13.2 Å². The highest BCUT2D eigenvalue weighted by Gasteiger charge is 2.23. The summed E-state index contributed by atoms with van der Waals surface area (Å²) < 4.78 is 27.1. The minimum absolute atomic E-state index is 0.0408. The molecule has 0 fully saturated rings. The van der Waals surface area contributed by atoms with E-state index in [-0.39, 0.29) is 10.8 Å². The van der Waals surface area contributed by atoms with Gasteiger partial charge in [-0.3, -0.25) is 9.52 Å². The van der Waals surface area contributed by atoms with Crippen LogP contribution in [0.15, 0.2) is 34.7 Å². The van der Waals surface area contributed by atoms with Crippen molar-refractivity contribution >= 4 is 38.1 Å². The smallest absolute Gasteiger partial charge is 0.263 e. The first kappa shape index (κ1) is 14.0. The number of hydrogen-bond donors (Lipinski definition) is 1. The van der Waals surface area contributed by atoms with Crippen LogP contribution in [-0.2, 0) is 21.2 Å². The first-order valence-corrected chi connectivity index (χ1v) is 8.65. The van der Waals surface area contributed by atoms with E-state index in [9.17, 15) is 13.2 Å². The van der Waals surface area contributed by atoms with E-state index in [4.69, 9.17) is 0 Å². The summed E-state index contributed by atoms with van der Waals surface area (Å²) in [5.41, 5.74) is 1.62. The Balaban J connectivity index is 1.95. The normalized spacial score (nSPS) is 14.9. The third-order valence-corrected chi connectivity index (χ3v) is 5.51. The number of benzene rings is 1. The first-order valence-electron chi connectivity index (χ1n) is 6.29. The molecule has 0 atom stereocenters. The highest BCUT2D eigenvalue weighted by Crippen LogP contribution is 2.29. The molecule has 2 aromatic rings. The minimum Gasteiger partial charge on any atom is -0.315 e. The number of nitrogens with zero attached hydrogens (tertiary/aromatic N) is 2. The molecule has 1 N–H and O–H groups in total. The molecule has 1 aliphatic heterocycles. The number of amides is 1. The lowest BCUT2D eigenvalue weighted by Crippen LogP contribution is -2.31. The van der Waals surface area contributed by atoms with Crippen LogP contribution in [0.3, 0.4) is 0 Å². The molecule has 0 aliphatic carbocycles. The van der Waals surface area contributed by atoms with Crippen molar-refractivity contribution in [3.63, 3.8) is 0 Å². The zero-order chi connectivity index (χ0) is 15.0. The van der Waals surface area contributed by atoms with Gasteiger partial charge in [-0.15, -0.1) is 11.3 Å². The molecule has 1 aromatic heterocycles. The van der Waals surface area contributed by atoms with Gasteiger partial charge in [0.05, 0.1) is 4.90 Å². The molecule has 8 heteroatoms. The third-order valence-electron chi connectivity index (χ3n) is 3.36. The molecule has 6 nitrogen and oxygen atoms in total. The highest BCUT2D eigenvalue weighted by atomic mass is 32.2. The molecular weight excluding hydrogens is 310 g/mol. The van der Waals surface area contributed by atoms with E-state index < -0.39 is 10.0 Å². The van der Waals surface area contributed by atoms with E-state index in [0.717, 1.165) is 11.3 Å². The van der Waals surface area contributed by atoms with Crippen LogP contribution in [-0.4, -0.2) is 26.4 Å². The topological polar surface area (TPSA) is 79.4 Å². The molecule has 0 saturated carbocycles. The van der Waals surface area contributed by atoms with Crippen molar-refractivity contribution in [3.05, 3.63) is 35.3 Å². The molecule has 3 rings (SSSR count). The molecule has 0 bridgehead atoms. The Morgan fingerprint density at radius 2 is 2.14 bits per heavy atom. The molecule has 1 aliphatic rings. The summed E-state index contributed by atoms with van der Waals surface area (Å²) in [6, 6.07) is 4.79. The van der Waals surface area contributed by atoms with Gasteiger partial charge in [0.15, 0.2) is 5.13 Å². The molecule has 1 amide bonds. The van der Waals surface area contributed by atoms with Gasteiger partial charge in [-0.1, -0.05) is 0 Å². The zero-order valence-corrected chi connectivity index (χ0v) is 12.9. The van der Waals surface area contributed by atoms with Gasteiger partial charge in [0.2, 0.25) is 5.91 Å². The lowest BCUT2D eigenvalue weighted by Gasteiger charge is -2.26. The summed E-state index contributed by atoms with van der Waals surface area (Å²) in [6.07, 6.45) is 2.49. The second-order valence-corrected chi connectivity index (χ2v) is 7.26. The van der Waals surface area contributed by atoms with E-state index in [1.54, 1.807) is 29.5 Å². The van der Waals surface area contributed by atoms with Crippen molar-refractivity contribution in [2.45, 2.75) is 17.7 Å². The standard InChI is InChI=1S/C13H13N3O3S2/c1-16-11-4-3-10(8-9(11)2-5-12(16)17)21(18,19)15-13-14-6-7-20-13/h3-4,6-8H,2,5H2,1H3,(H,14,15). The first-order chi connectivity index (χ1) is 9.97. The number of anilines is 2. The molecule has 1 aromatic carbocycles. The summed E-state index contributed by atoms with van der Waals surface area (Å²) in [6.45, 7) is 0. The van der Waals surface area contributed by atoms with Crippen LogP contribution in [0.5, 0.6) is 0 Å². The number of aryl methyl sites for hydroxylation is 1. The number of fused-ring (bicyclic) bond motifs is 1. The molecule has 2 heterocycles. The quantitative estimate of drug-likeness (QED) is 0.935. The molecular formula is C13H13N3O3S2. The summed E-state index contributed by atoms with van der Waals surface area (Å²) in [5, 5.41) is 2.03. The van der Waals surface area contributed by atoms with Crippen LogP contribution >= 0.6 is 11.3 Å². The number of carbonyl (C=O) groups excluding carboxylic acids is 1. The lowest BCUT2D eigenvalue weighted by atomic mass is 10.0. The predicted octanol–water partition coefficient (Wildman–Crippen LogP) is 1.85. The maximum absolute atomic E-state index is 12.3. The number of nitrogens with one attached hydrogen (secondary N) is 1. The number of aromatic nitrogens is 1. The van der Waals surface area contributed by atoms with Gasteiger partial charge in [0.25, 0.3) is 10.0 Å². The Labute approximate surface area is 126 Å². The zero-order valence-electron chi connectivity index (χ0n) is 11.2. The Morgan fingerprint density at radius 1 is 1.33 bits per heavy atom. The monoisotopic (exact) mass is 323 g/mol. The van der Waals surface area contributed by atoms with Crippen LogP contribution < -0.4 is 9.62 Å². The van der Waals surface area contributed by atoms with Crippen molar-refractivity contribution in [2.75, 3.05) is 16.7 Å². The van der Waals surface area contributed by atoms with Crippen LogP contribution in [0.4, 0.5) is 10.8 Å². The lowest BCUT2D eigenvalue weighted by molar-refractivity contribution is -0.118. The van der Waals surface area contributed by atoms with Crippen molar-refractivity contribution in [3.8, 4) is 0 Å². The van der Waals surface area contributed by atoms with E-state index >= 15 is 0 Å². The van der Waals surface area contributed by atoms with Gasteiger partial charge >= 0.3 is 0 Å². The second kappa shape index (κ2) is 5.12. The second-order valence-electron chi connectivity index (χ2n) is 4.69. The largest absolute Gasteiger partial charge is 0.315 e. The van der Waals surface area contributed by atoms with Gasteiger partial charge in [-0.2, -0.15) is 0 Å². The highest BCUT2D eigenvalue weighted by molar-refractivity contribution is 7.93. The Bertz CT molecular complexity index is 785. The maximum Gasteiger partial charge on any atom is 0.263 e. The predicted molar refractivity (Wildman–Crippen MR) is 81.1 cm³/mol. The van der Waals surface area contributed by atoms with Crippen LogP contribution in [0.25, 0.3) is 0 Å². The summed E-state index contributed by atoms with van der Waals surface area (Å²) in [7, 11) is -1.96. The Hall–Kier alpha value is -1.93. The van der Waals surface area contributed by atoms with E-state index in [2.05, 4.69) is 9.71 Å². The molecule has 0 radical (unpaired) electrons. The molecule has 21 heavy (non-hydrogen) atoms. The fourth-order valence-corrected chi connectivity index (χ4v) is 4.09. The maximum atomic E-state index is 12.3. The molecule has 110 valence electrons. The Kier molecular flexibility index (Phi) is 3.42. The van der Waals surface area contributed by atoms with Crippen molar-refractivity contribution in [2.24, 2.45) is 0 Å². The van der Waals surface area contributed by atoms with Crippen molar-refractivity contribution in [1.29, 1.82) is 0 Å². The molecule has 0 spiro atoms. The molecule has 0 saturated heterocycles. The number of carbonyl (C=O) groups is 1. The van der Waals surface area contributed by atoms with E-state index in [0.29, 0.717) is 18.0 Å². The van der Waals surface area contributed by atoms with Gasteiger partial charge in [0.1, 0.15) is 0 Å². The fourth-order valence-electron chi connectivity index (χ4n) is 2.25. The minimum atomic E-state index is -3.65. The van der Waals surface area contributed by atoms with Crippen LogP contribution in [0.1, 0.15) is 12.0 Å². The summed E-state index contributed by atoms with van der Waals surface area (Å²) in [4.78, 5) is 17.3. The average molecular weight is 323 g/mol. The van der Waals surface area contributed by atoms with E-state index in [1.807, 2.05) is 0 Å². The Morgan fingerprint density at radius 3 is 2.86 bits per heavy atom. The average Bonchev–Trinajstić information content (AvgIpc) is 2.95. The number of thiazole rings is 1. The number of sulfonamides is 1.